The van der Waals surface area contributed by atoms with Gasteiger partial charge in [0.05, 0.1) is 17.4 Å². The third-order valence-corrected chi connectivity index (χ3v) is 5.74. The normalized spacial score (nSPS) is 13.3. The Morgan fingerprint density at radius 1 is 1.00 bits per heavy atom. The summed E-state index contributed by atoms with van der Waals surface area (Å²) in [6, 6.07) is 12.4. The van der Waals surface area contributed by atoms with Crippen molar-refractivity contribution >= 4 is 49.5 Å². The number of nitrogens with one attached hydrogen (secondary N) is 1. The van der Waals surface area contributed by atoms with Crippen LogP contribution in [0.5, 0.6) is 0 Å². The van der Waals surface area contributed by atoms with E-state index in [-0.39, 0.29) is 0 Å². The van der Waals surface area contributed by atoms with Gasteiger partial charge in [0, 0.05) is 33.9 Å². The summed E-state index contributed by atoms with van der Waals surface area (Å²) in [7, 11) is 0. The summed E-state index contributed by atoms with van der Waals surface area (Å²) in [6.45, 7) is 0.867. The third kappa shape index (κ3) is 2.67. The number of fused-ring (bicyclic) bond motifs is 3. The van der Waals surface area contributed by atoms with Gasteiger partial charge in [-0.2, -0.15) is 5.10 Å². The van der Waals surface area contributed by atoms with Crippen molar-refractivity contribution in [3.8, 4) is 11.3 Å². The molecule has 0 unspecified atom stereocenters. The highest BCUT2D eigenvalue weighted by Gasteiger charge is 2.24. The van der Waals surface area contributed by atoms with Gasteiger partial charge in [0.15, 0.2) is 11.5 Å². The molecule has 0 aliphatic carbocycles. The quantitative estimate of drug-likeness (QED) is 0.434. The molecule has 0 saturated carbocycles. The molecular formula is C21H14BrN7. The van der Waals surface area contributed by atoms with E-state index in [9.17, 15) is 0 Å². The molecule has 0 fully saturated rings. The molecule has 1 aromatic carbocycles. The number of aromatic amines is 1. The Bertz CT molecular complexity index is 1390. The van der Waals surface area contributed by atoms with Crippen LogP contribution in [0.25, 0.3) is 33.3 Å². The standard InChI is InChI=1S/C21H14BrN7/c22-15-2-1-12-5-6-29(18(12)8-15)21-19-17(24-11-25-21)4-3-16(27-19)13-7-14-10-26-28-20(14)23-9-13/h1-4,7-11H,5-6H2,(H,23,26,28). The minimum atomic E-state index is 0.762. The zero-order chi connectivity index (χ0) is 19.4. The molecule has 6 rings (SSSR count). The number of benzene rings is 1. The number of aromatic nitrogens is 6. The van der Waals surface area contributed by atoms with Gasteiger partial charge in [0.25, 0.3) is 0 Å². The molecule has 0 atom stereocenters. The van der Waals surface area contributed by atoms with Crippen molar-refractivity contribution in [3.05, 3.63) is 65.2 Å². The first kappa shape index (κ1) is 16.6. The van der Waals surface area contributed by atoms with Crippen molar-refractivity contribution in [2.45, 2.75) is 6.42 Å². The summed E-state index contributed by atoms with van der Waals surface area (Å²) in [5, 5.41) is 7.87. The van der Waals surface area contributed by atoms with Crippen molar-refractivity contribution in [1.29, 1.82) is 0 Å². The molecule has 1 aliphatic rings. The van der Waals surface area contributed by atoms with E-state index in [1.54, 1.807) is 18.7 Å². The predicted octanol–water partition coefficient (Wildman–Crippen LogP) is 4.42. The Kier molecular flexibility index (Phi) is 3.60. The fourth-order valence-electron chi connectivity index (χ4n) is 3.83. The molecule has 29 heavy (non-hydrogen) atoms. The first-order valence-corrected chi connectivity index (χ1v) is 10.0. The predicted molar refractivity (Wildman–Crippen MR) is 115 cm³/mol. The lowest BCUT2D eigenvalue weighted by Gasteiger charge is -2.19. The Labute approximate surface area is 174 Å². The molecule has 5 aromatic rings. The lowest BCUT2D eigenvalue weighted by atomic mass is 10.1. The first-order chi connectivity index (χ1) is 14.3. The van der Waals surface area contributed by atoms with Gasteiger partial charge in [-0.3, -0.25) is 5.10 Å². The van der Waals surface area contributed by atoms with Gasteiger partial charge < -0.3 is 4.90 Å². The van der Waals surface area contributed by atoms with E-state index in [0.717, 1.165) is 62.3 Å². The highest BCUT2D eigenvalue weighted by molar-refractivity contribution is 9.10. The van der Waals surface area contributed by atoms with Crippen molar-refractivity contribution in [1.82, 2.24) is 30.1 Å². The largest absolute Gasteiger partial charge is 0.324 e. The summed E-state index contributed by atoms with van der Waals surface area (Å²) in [5.41, 5.74) is 6.60. The van der Waals surface area contributed by atoms with Crippen LogP contribution in [0.3, 0.4) is 0 Å². The van der Waals surface area contributed by atoms with E-state index >= 15 is 0 Å². The number of halogens is 1. The van der Waals surface area contributed by atoms with Crippen LogP contribution in [0.15, 0.2) is 59.6 Å². The minimum absolute atomic E-state index is 0.762. The van der Waals surface area contributed by atoms with Crippen LogP contribution in [0.2, 0.25) is 0 Å². The van der Waals surface area contributed by atoms with E-state index in [1.807, 2.05) is 18.2 Å². The minimum Gasteiger partial charge on any atom is -0.324 e. The molecule has 7 nitrogen and oxygen atoms in total. The summed E-state index contributed by atoms with van der Waals surface area (Å²) < 4.78 is 1.05. The molecule has 0 radical (unpaired) electrons. The average molecular weight is 444 g/mol. The number of hydrogen-bond acceptors (Lipinski definition) is 6. The second-order valence-electron chi connectivity index (χ2n) is 6.97. The first-order valence-electron chi connectivity index (χ1n) is 9.23. The Morgan fingerprint density at radius 3 is 2.93 bits per heavy atom. The summed E-state index contributed by atoms with van der Waals surface area (Å²) in [5.74, 6) is 0.825. The number of H-pyrrole nitrogens is 1. The maximum absolute atomic E-state index is 4.93. The Hall–Kier alpha value is -3.39. The second kappa shape index (κ2) is 6.31. The van der Waals surface area contributed by atoms with E-state index in [1.165, 1.54) is 5.56 Å². The molecule has 0 saturated heterocycles. The Morgan fingerprint density at radius 2 is 1.97 bits per heavy atom. The van der Waals surface area contributed by atoms with Crippen molar-refractivity contribution in [2.75, 3.05) is 11.4 Å². The van der Waals surface area contributed by atoms with Gasteiger partial charge in [-0.15, -0.1) is 0 Å². The van der Waals surface area contributed by atoms with Gasteiger partial charge in [-0.1, -0.05) is 22.0 Å². The van der Waals surface area contributed by atoms with Gasteiger partial charge in [-0.25, -0.2) is 19.9 Å². The zero-order valence-corrected chi connectivity index (χ0v) is 16.8. The number of anilines is 2. The van der Waals surface area contributed by atoms with E-state index in [0.29, 0.717) is 0 Å². The average Bonchev–Trinajstić information content (AvgIpc) is 3.39. The fraction of sp³-hybridized carbons (Fsp3) is 0.0952. The maximum Gasteiger partial charge on any atom is 0.163 e. The Balaban J connectivity index is 1.52. The smallest absolute Gasteiger partial charge is 0.163 e. The molecular weight excluding hydrogens is 430 g/mol. The topological polar surface area (TPSA) is 83.5 Å². The number of pyridine rings is 2. The molecule has 140 valence electrons. The molecule has 0 spiro atoms. The van der Waals surface area contributed by atoms with E-state index in [2.05, 4.69) is 64.2 Å². The molecule has 0 amide bonds. The van der Waals surface area contributed by atoms with Crippen LogP contribution in [0, 0.1) is 0 Å². The summed E-state index contributed by atoms with van der Waals surface area (Å²) in [4.78, 5) is 20.6. The highest BCUT2D eigenvalue weighted by Crippen LogP contribution is 2.38. The maximum atomic E-state index is 4.93. The van der Waals surface area contributed by atoms with Gasteiger partial charge in [0.1, 0.15) is 11.8 Å². The molecule has 5 heterocycles. The second-order valence-corrected chi connectivity index (χ2v) is 7.88. The van der Waals surface area contributed by atoms with Crippen LogP contribution >= 0.6 is 15.9 Å². The monoisotopic (exact) mass is 443 g/mol. The number of nitrogens with zero attached hydrogens (tertiary/aromatic N) is 6. The van der Waals surface area contributed by atoms with Crippen LogP contribution in [-0.4, -0.2) is 36.7 Å². The molecule has 8 heteroatoms. The lowest BCUT2D eigenvalue weighted by molar-refractivity contribution is 0.971. The zero-order valence-electron chi connectivity index (χ0n) is 15.2. The molecule has 1 N–H and O–H groups in total. The van der Waals surface area contributed by atoms with Gasteiger partial charge in [-0.05, 0) is 42.3 Å². The van der Waals surface area contributed by atoms with Gasteiger partial charge >= 0.3 is 0 Å². The van der Waals surface area contributed by atoms with Crippen LogP contribution in [0.4, 0.5) is 11.5 Å². The van der Waals surface area contributed by atoms with E-state index < -0.39 is 0 Å². The van der Waals surface area contributed by atoms with Crippen molar-refractivity contribution < 1.29 is 0 Å². The van der Waals surface area contributed by atoms with Crippen LogP contribution < -0.4 is 4.90 Å². The molecule has 1 aliphatic heterocycles. The van der Waals surface area contributed by atoms with Crippen molar-refractivity contribution in [3.63, 3.8) is 0 Å². The number of rotatable bonds is 2. The van der Waals surface area contributed by atoms with Crippen LogP contribution in [-0.2, 0) is 6.42 Å². The van der Waals surface area contributed by atoms with Crippen LogP contribution in [0.1, 0.15) is 5.56 Å². The highest BCUT2D eigenvalue weighted by atomic mass is 79.9. The van der Waals surface area contributed by atoms with E-state index in [4.69, 9.17) is 4.98 Å². The molecule has 4 aromatic heterocycles. The van der Waals surface area contributed by atoms with Gasteiger partial charge in [0.2, 0.25) is 0 Å². The SMILES string of the molecule is Brc1ccc2c(c1)N(c1ncnc3ccc(-c4cnc5[nH]ncc5c4)nc13)CC2. The molecule has 0 bridgehead atoms. The number of hydrogen-bond donors (Lipinski definition) is 1. The summed E-state index contributed by atoms with van der Waals surface area (Å²) >= 11 is 3.58. The lowest BCUT2D eigenvalue weighted by Crippen LogP contribution is -2.16. The van der Waals surface area contributed by atoms with Crippen molar-refractivity contribution in [2.24, 2.45) is 0 Å². The third-order valence-electron chi connectivity index (χ3n) is 5.25. The summed E-state index contributed by atoms with van der Waals surface area (Å²) in [6.07, 6.45) is 6.16. The fourth-order valence-corrected chi connectivity index (χ4v) is 4.18.